The highest BCUT2D eigenvalue weighted by Gasteiger charge is 2.20. The molecule has 7 nitrogen and oxygen atoms in total. The molecule has 0 bridgehead atoms. The molecule has 1 rings (SSSR count). The predicted molar refractivity (Wildman–Crippen MR) is 118 cm³/mol. The average Bonchev–Trinajstić information content (AvgIpc) is 2.65. The second-order valence-corrected chi connectivity index (χ2v) is 8.06. The van der Waals surface area contributed by atoms with E-state index < -0.39 is 17.7 Å². The maximum Gasteiger partial charge on any atom is 0.407 e. The van der Waals surface area contributed by atoms with E-state index in [9.17, 15) is 9.59 Å². The first-order valence-electron chi connectivity index (χ1n) is 9.84. The summed E-state index contributed by atoms with van der Waals surface area (Å²) >= 11 is 5.30. The Morgan fingerprint density at radius 2 is 1.66 bits per heavy atom. The molecule has 0 saturated carbocycles. The lowest BCUT2D eigenvalue weighted by Crippen LogP contribution is -2.47. The molecule has 0 heterocycles. The van der Waals surface area contributed by atoms with Crippen LogP contribution in [0.15, 0.2) is 30.3 Å². The Bertz CT molecular complexity index is 647. The highest BCUT2D eigenvalue weighted by Crippen LogP contribution is 2.06. The zero-order valence-electron chi connectivity index (χ0n) is 17.7. The first-order chi connectivity index (χ1) is 13.7. The molecule has 0 spiro atoms. The van der Waals surface area contributed by atoms with Gasteiger partial charge in [-0.2, -0.15) is 0 Å². The van der Waals surface area contributed by atoms with E-state index in [4.69, 9.17) is 21.7 Å². The van der Waals surface area contributed by atoms with Crippen molar-refractivity contribution in [3.8, 4) is 0 Å². The lowest BCUT2D eigenvalue weighted by Gasteiger charge is -2.19. The molecule has 3 N–H and O–H groups in total. The highest BCUT2D eigenvalue weighted by molar-refractivity contribution is 7.80. The van der Waals surface area contributed by atoms with Crippen LogP contribution in [-0.2, 0) is 20.7 Å². The average molecular weight is 424 g/mol. The maximum atomic E-state index is 12.0. The number of ether oxygens (including phenoxy) is 2. The van der Waals surface area contributed by atoms with Crippen LogP contribution in [0.4, 0.5) is 4.79 Å². The standard InChI is InChI=1S/C21H33N3O4S/c1-21(2,3)28-20(26)23-14-10-6-9-13-22-19(29)24-17(18(25)27-4)15-16-11-7-5-8-12-16/h5,7-8,11-12,17H,6,9-10,13-15H2,1-4H3,(H,23,26)(H2,22,24,29)/t17-/m0/s1. The summed E-state index contributed by atoms with van der Waals surface area (Å²) in [6.07, 6.45) is 2.76. The van der Waals surface area contributed by atoms with Gasteiger partial charge in [-0.15, -0.1) is 0 Å². The summed E-state index contributed by atoms with van der Waals surface area (Å²) in [5, 5.41) is 9.29. The molecule has 162 valence electrons. The number of unbranched alkanes of at least 4 members (excludes halogenated alkanes) is 2. The summed E-state index contributed by atoms with van der Waals surface area (Å²) in [6.45, 7) is 6.75. The molecule has 0 fully saturated rings. The smallest absolute Gasteiger partial charge is 0.407 e. The van der Waals surface area contributed by atoms with E-state index in [1.807, 2.05) is 51.1 Å². The van der Waals surface area contributed by atoms with Crippen molar-refractivity contribution in [3.05, 3.63) is 35.9 Å². The molecule has 29 heavy (non-hydrogen) atoms. The van der Waals surface area contributed by atoms with Crippen molar-refractivity contribution in [2.45, 2.75) is 58.1 Å². The van der Waals surface area contributed by atoms with Gasteiger partial charge in [0.15, 0.2) is 5.11 Å². The molecule has 0 aliphatic heterocycles. The number of thiocarbonyl (C=S) groups is 1. The summed E-state index contributed by atoms with van der Waals surface area (Å²) in [7, 11) is 1.36. The van der Waals surface area contributed by atoms with E-state index in [2.05, 4.69) is 16.0 Å². The van der Waals surface area contributed by atoms with Crippen molar-refractivity contribution in [2.24, 2.45) is 0 Å². The van der Waals surface area contributed by atoms with Crippen LogP contribution in [0.25, 0.3) is 0 Å². The topological polar surface area (TPSA) is 88.7 Å². The van der Waals surface area contributed by atoms with Gasteiger partial charge in [0.05, 0.1) is 7.11 Å². The molecule has 0 unspecified atom stereocenters. The monoisotopic (exact) mass is 423 g/mol. The van der Waals surface area contributed by atoms with E-state index in [0.717, 1.165) is 24.8 Å². The van der Waals surface area contributed by atoms with Crippen molar-refractivity contribution in [2.75, 3.05) is 20.2 Å². The van der Waals surface area contributed by atoms with Crippen molar-refractivity contribution in [1.29, 1.82) is 0 Å². The van der Waals surface area contributed by atoms with Crippen LogP contribution in [0.3, 0.4) is 0 Å². The van der Waals surface area contributed by atoms with Gasteiger partial charge in [0.2, 0.25) is 0 Å². The van der Waals surface area contributed by atoms with Gasteiger partial charge in [0, 0.05) is 19.5 Å². The molecule has 0 aliphatic carbocycles. The van der Waals surface area contributed by atoms with Crippen LogP contribution >= 0.6 is 12.2 Å². The van der Waals surface area contributed by atoms with Crippen molar-refractivity contribution in [1.82, 2.24) is 16.0 Å². The van der Waals surface area contributed by atoms with Crippen molar-refractivity contribution < 1.29 is 19.1 Å². The fourth-order valence-corrected chi connectivity index (χ4v) is 2.77. The third-order valence-electron chi connectivity index (χ3n) is 3.88. The second-order valence-electron chi connectivity index (χ2n) is 7.66. The predicted octanol–water partition coefficient (Wildman–Crippen LogP) is 2.93. The Labute approximate surface area is 178 Å². The summed E-state index contributed by atoms with van der Waals surface area (Å²) in [6, 6.07) is 9.16. The lowest BCUT2D eigenvalue weighted by molar-refractivity contribution is -0.142. The maximum absolute atomic E-state index is 12.0. The van der Waals surface area contributed by atoms with Crippen molar-refractivity contribution >= 4 is 29.4 Å². The number of benzene rings is 1. The quantitative estimate of drug-likeness (QED) is 0.303. The summed E-state index contributed by atoms with van der Waals surface area (Å²) in [4.78, 5) is 23.6. The molecule has 1 atom stereocenters. The molecular formula is C21H33N3O4S. The third kappa shape index (κ3) is 11.9. The number of carbonyl (C=O) groups is 2. The van der Waals surface area contributed by atoms with Crippen molar-refractivity contribution in [3.63, 3.8) is 0 Å². The molecule has 1 aromatic rings. The summed E-state index contributed by atoms with van der Waals surface area (Å²) in [5.74, 6) is -0.355. The Morgan fingerprint density at radius 1 is 1.03 bits per heavy atom. The molecule has 0 saturated heterocycles. The van der Waals surface area contributed by atoms with Crippen LogP contribution in [0.1, 0.15) is 45.6 Å². The first kappa shape index (κ1) is 24.7. The van der Waals surface area contributed by atoms with Gasteiger partial charge in [0.1, 0.15) is 11.6 Å². The summed E-state index contributed by atoms with van der Waals surface area (Å²) < 4.78 is 10.1. The number of amides is 1. The van der Waals surface area contributed by atoms with E-state index >= 15 is 0 Å². The SMILES string of the molecule is COC(=O)[C@H](Cc1ccccc1)NC(=S)NCCCCCNC(=O)OC(C)(C)C. The molecule has 1 amide bonds. The molecule has 0 radical (unpaired) electrons. The normalized spacial score (nSPS) is 11.9. The number of methoxy groups -OCH3 is 1. The number of hydrogen-bond acceptors (Lipinski definition) is 5. The second kappa shape index (κ2) is 13.0. The zero-order chi connectivity index (χ0) is 21.7. The third-order valence-corrected chi connectivity index (χ3v) is 4.14. The van der Waals surface area contributed by atoms with Gasteiger partial charge in [-0.25, -0.2) is 9.59 Å². The van der Waals surface area contributed by atoms with Crippen LogP contribution in [0.2, 0.25) is 0 Å². The molecular weight excluding hydrogens is 390 g/mol. The summed E-state index contributed by atoms with van der Waals surface area (Å²) in [5.41, 5.74) is 0.537. The van der Waals surface area contributed by atoms with E-state index in [1.54, 1.807) is 0 Å². The minimum absolute atomic E-state index is 0.355. The molecule has 0 aliphatic rings. The number of hydrogen-bond donors (Lipinski definition) is 3. The Morgan fingerprint density at radius 3 is 2.24 bits per heavy atom. The number of alkyl carbamates (subject to hydrolysis) is 1. The Kier molecular flexibility index (Phi) is 11.1. The van der Waals surface area contributed by atoms with Crippen LogP contribution in [0.5, 0.6) is 0 Å². The number of esters is 1. The lowest BCUT2D eigenvalue weighted by atomic mass is 10.1. The number of nitrogens with one attached hydrogen (secondary N) is 3. The van der Waals surface area contributed by atoms with Crippen LogP contribution in [-0.4, -0.2) is 49.0 Å². The molecule has 1 aromatic carbocycles. The zero-order valence-corrected chi connectivity index (χ0v) is 18.6. The van der Waals surface area contributed by atoms with Gasteiger partial charge < -0.3 is 25.4 Å². The largest absolute Gasteiger partial charge is 0.467 e. The minimum atomic E-state index is -0.541. The Hall–Kier alpha value is -2.35. The minimum Gasteiger partial charge on any atom is -0.467 e. The van der Waals surface area contributed by atoms with Gasteiger partial charge >= 0.3 is 12.1 Å². The van der Waals surface area contributed by atoms with E-state index in [0.29, 0.717) is 24.6 Å². The number of rotatable bonds is 10. The van der Waals surface area contributed by atoms with Crippen LogP contribution < -0.4 is 16.0 Å². The first-order valence-corrected chi connectivity index (χ1v) is 10.2. The van der Waals surface area contributed by atoms with Gasteiger partial charge in [-0.3, -0.25) is 0 Å². The molecule has 0 aromatic heterocycles. The van der Waals surface area contributed by atoms with Gasteiger partial charge in [-0.1, -0.05) is 30.3 Å². The van der Waals surface area contributed by atoms with Gasteiger partial charge in [0.25, 0.3) is 0 Å². The van der Waals surface area contributed by atoms with E-state index in [-0.39, 0.29) is 5.97 Å². The fraction of sp³-hybridized carbons (Fsp3) is 0.571. The Balaban J connectivity index is 2.22. The van der Waals surface area contributed by atoms with Gasteiger partial charge in [-0.05, 0) is 57.8 Å². The highest BCUT2D eigenvalue weighted by atomic mass is 32.1. The number of carbonyl (C=O) groups excluding carboxylic acids is 2. The van der Waals surface area contributed by atoms with Crippen LogP contribution in [0, 0.1) is 0 Å². The molecule has 8 heteroatoms. The van der Waals surface area contributed by atoms with E-state index in [1.165, 1.54) is 7.11 Å². The fourth-order valence-electron chi connectivity index (χ4n) is 2.53.